The lowest BCUT2D eigenvalue weighted by atomic mass is 9.80. The van der Waals surface area contributed by atoms with E-state index in [1.165, 1.54) is 0 Å². The molecule has 17 heavy (non-hydrogen) atoms. The van der Waals surface area contributed by atoms with Gasteiger partial charge in [-0.2, -0.15) is 5.26 Å². The smallest absolute Gasteiger partial charge is 0.159 e. The standard InChI is InChI=1S/C13H13Cl2NO/c1-13(2,3)12(17)9(7-16)8-4-5-10(14)11(15)6-8/h4-6,9H,1-3H3. The zero-order valence-corrected chi connectivity index (χ0v) is 11.4. The average Bonchev–Trinajstić information content (AvgIpc) is 2.23. The second-order valence-corrected chi connectivity index (χ2v) is 5.66. The van der Waals surface area contributed by atoms with Crippen LogP contribution in [-0.2, 0) is 4.79 Å². The van der Waals surface area contributed by atoms with Crippen LogP contribution in [0.2, 0.25) is 10.0 Å². The Morgan fingerprint density at radius 2 is 1.88 bits per heavy atom. The van der Waals surface area contributed by atoms with E-state index in [0.717, 1.165) is 0 Å². The van der Waals surface area contributed by atoms with Gasteiger partial charge in [-0.1, -0.05) is 50.0 Å². The van der Waals surface area contributed by atoms with Crippen LogP contribution in [0.3, 0.4) is 0 Å². The van der Waals surface area contributed by atoms with Gasteiger partial charge in [-0.3, -0.25) is 4.79 Å². The molecule has 0 bridgehead atoms. The minimum absolute atomic E-state index is 0.126. The molecule has 0 heterocycles. The number of benzene rings is 1. The summed E-state index contributed by atoms with van der Waals surface area (Å²) >= 11 is 11.7. The van der Waals surface area contributed by atoms with Crippen LogP contribution in [-0.4, -0.2) is 5.78 Å². The number of nitrogens with zero attached hydrogens (tertiary/aromatic N) is 1. The fourth-order valence-corrected chi connectivity index (χ4v) is 1.72. The summed E-state index contributed by atoms with van der Waals surface area (Å²) in [5.41, 5.74) is 0.0220. The number of nitriles is 1. The molecule has 0 aromatic heterocycles. The zero-order chi connectivity index (χ0) is 13.2. The van der Waals surface area contributed by atoms with Crippen molar-refractivity contribution in [2.45, 2.75) is 26.7 Å². The van der Waals surface area contributed by atoms with Crippen molar-refractivity contribution in [1.29, 1.82) is 5.26 Å². The molecule has 1 atom stereocenters. The molecule has 0 saturated carbocycles. The van der Waals surface area contributed by atoms with E-state index in [1.54, 1.807) is 39.0 Å². The molecular formula is C13H13Cl2NO. The molecule has 90 valence electrons. The van der Waals surface area contributed by atoms with Crippen LogP contribution in [0.5, 0.6) is 0 Å². The van der Waals surface area contributed by atoms with Crippen molar-refractivity contribution in [3.63, 3.8) is 0 Å². The molecule has 2 nitrogen and oxygen atoms in total. The van der Waals surface area contributed by atoms with Gasteiger partial charge in [-0.25, -0.2) is 0 Å². The highest BCUT2D eigenvalue weighted by atomic mass is 35.5. The Balaban J connectivity index is 3.16. The molecular weight excluding hydrogens is 257 g/mol. The van der Waals surface area contributed by atoms with Crippen molar-refractivity contribution in [1.82, 2.24) is 0 Å². The maximum Gasteiger partial charge on any atom is 0.159 e. The van der Waals surface area contributed by atoms with Gasteiger partial charge in [-0.15, -0.1) is 0 Å². The predicted octanol–water partition coefficient (Wildman–Crippen LogP) is 4.22. The summed E-state index contributed by atoms with van der Waals surface area (Å²) in [6, 6.07) is 6.85. The van der Waals surface area contributed by atoms with E-state index in [-0.39, 0.29) is 5.78 Å². The summed E-state index contributed by atoms with van der Waals surface area (Å²) in [7, 11) is 0. The molecule has 0 saturated heterocycles. The topological polar surface area (TPSA) is 40.9 Å². The van der Waals surface area contributed by atoms with E-state index in [2.05, 4.69) is 0 Å². The summed E-state index contributed by atoms with van der Waals surface area (Å²) in [4.78, 5) is 12.1. The predicted molar refractivity (Wildman–Crippen MR) is 69.3 cm³/mol. The molecule has 0 N–H and O–H groups in total. The molecule has 0 aliphatic carbocycles. The lowest BCUT2D eigenvalue weighted by Crippen LogP contribution is -2.26. The van der Waals surface area contributed by atoms with Gasteiger partial charge in [0.05, 0.1) is 16.1 Å². The first-order valence-electron chi connectivity index (χ1n) is 5.16. The highest BCUT2D eigenvalue weighted by molar-refractivity contribution is 6.42. The number of rotatable bonds is 2. The molecule has 1 aromatic rings. The van der Waals surface area contributed by atoms with Gasteiger partial charge in [0.15, 0.2) is 5.78 Å². The number of hydrogen-bond acceptors (Lipinski definition) is 2. The summed E-state index contributed by atoms with van der Waals surface area (Å²) < 4.78 is 0. The quantitative estimate of drug-likeness (QED) is 0.807. The molecule has 1 aromatic carbocycles. The number of halogens is 2. The van der Waals surface area contributed by atoms with Crippen molar-refractivity contribution in [3.8, 4) is 6.07 Å². The summed E-state index contributed by atoms with van der Waals surface area (Å²) in [5, 5.41) is 9.89. The van der Waals surface area contributed by atoms with Crippen molar-refractivity contribution in [3.05, 3.63) is 33.8 Å². The molecule has 0 aliphatic heterocycles. The Morgan fingerprint density at radius 3 is 2.29 bits per heavy atom. The molecule has 0 aliphatic rings. The van der Waals surface area contributed by atoms with Gasteiger partial charge < -0.3 is 0 Å². The summed E-state index contributed by atoms with van der Waals surface area (Å²) in [6.07, 6.45) is 0. The third-order valence-electron chi connectivity index (χ3n) is 2.41. The Bertz CT molecular complexity index is 483. The number of Topliss-reactive ketones (excluding diaryl/α,β-unsaturated/α-hetero) is 1. The Hall–Kier alpha value is -1.04. The molecule has 1 unspecified atom stereocenters. The van der Waals surface area contributed by atoms with Crippen LogP contribution in [0.1, 0.15) is 32.3 Å². The van der Waals surface area contributed by atoms with Crippen LogP contribution in [0, 0.1) is 16.7 Å². The normalized spacial score (nSPS) is 12.9. The van der Waals surface area contributed by atoms with Crippen LogP contribution in [0.4, 0.5) is 0 Å². The maximum atomic E-state index is 12.1. The first-order valence-corrected chi connectivity index (χ1v) is 5.92. The summed E-state index contributed by atoms with van der Waals surface area (Å²) in [6.45, 7) is 5.37. The Morgan fingerprint density at radius 1 is 1.29 bits per heavy atom. The van der Waals surface area contributed by atoms with E-state index >= 15 is 0 Å². The first-order chi connectivity index (χ1) is 7.77. The molecule has 4 heteroatoms. The number of ketones is 1. The van der Waals surface area contributed by atoms with Gasteiger partial charge in [0.1, 0.15) is 5.92 Å². The van der Waals surface area contributed by atoms with Gasteiger partial charge in [-0.05, 0) is 17.7 Å². The van der Waals surface area contributed by atoms with E-state index in [0.29, 0.717) is 15.6 Å². The van der Waals surface area contributed by atoms with Crippen LogP contribution in [0.15, 0.2) is 18.2 Å². The fourth-order valence-electron chi connectivity index (χ4n) is 1.41. The van der Waals surface area contributed by atoms with Crippen LogP contribution < -0.4 is 0 Å². The largest absolute Gasteiger partial charge is 0.297 e. The lowest BCUT2D eigenvalue weighted by molar-refractivity contribution is -0.126. The van der Waals surface area contributed by atoms with Crippen LogP contribution >= 0.6 is 23.2 Å². The van der Waals surface area contributed by atoms with Gasteiger partial charge >= 0.3 is 0 Å². The summed E-state index contributed by atoms with van der Waals surface area (Å²) in [5.74, 6) is -0.928. The monoisotopic (exact) mass is 269 g/mol. The van der Waals surface area contributed by atoms with E-state index in [9.17, 15) is 4.79 Å². The SMILES string of the molecule is CC(C)(C)C(=O)C(C#N)c1ccc(Cl)c(Cl)c1. The Labute approximate surface area is 111 Å². The van der Waals surface area contributed by atoms with Crippen molar-refractivity contribution < 1.29 is 4.79 Å². The number of carbonyl (C=O) groups is 1. The average molecular weight is 270 g/mol. The van der Waals surface area contributed by atoms with Gasteiger partial charge in [0.2, 0.25) is 0 Å². The highest BCUT2D eigenvalue weighted by Crippen LogP contribution is 2.30. The maximum absolute atomic E-state index is 12.1. The second kappa shape index (κ2) is 5.08. The zero-order valence-electron chi connectivity index (χ0n) is 9.92. The lowest BCUT2D eigenvalue weighted by Gasteiger charge is -2.20. The molecule has 0 fully saturated rings. The van der Waals surface area contributed by atoms with Crippen molar-refractivity contribution in [2.24, 2.45) is 5.41 Å². The van der Waals surface area contributed by atoms with Crippen LogP contribution in [0.25, 0.3) is 0 Å². The van der Waals surface area contributed by atoms with E-state index < -0.39 is 11.3 Å². The number of hydrogen-bond donors (Lipinski definition) is 0. The highest BCUT2D eigenvalue weighted by Gasteiger charge is 2.30. The van der Waals surface area contributed by atoms with Crippen molar-refractivity contribution in [2.75, 3.05) is 0 Å². The fraction of sp³-hybridized carbons (Fsp3) is 0.385. The van der Waals surface area contributed by atoms with E-state index in [4.69, 9.17) is 28.5 Å². The molecule has 0 amide bonds. The molecule has 1 rings (SSSR count). The van der Waals surface area contributed by atoms with Gasteiger partial charge in [0.25, 0.3) is 0 Å². The molecule has 0 spiro atoms. The minimum atomic E-state index is -0.801. The Kier molecular flexibility index (Phi) is 4.19. The first kappa shape index (κ1) is 14.0. The third kappa shape index (κ3) is 3.21. The second-order valence-electron chi connectivity index (χ2n) is 4.85. The van der Waals surface area contributed by atoms with E-state index in [1.807, 2.05) is 6.07 Å². The number of carbonyl (C=O) groups excluding carboxylic acids is 1. The minimum Gasteiger partial charge on any atom is -0.297 e. The third-order valence-corrected chi connectivity index (χ3v) is 3.15. The van der Waals surface area contributed by atoms with Gasteiger partial charge in [0, 0.05) is 5.41 Å². The van der Waals surface area contributed by atoms with Crippen molar-refractivity contribution >= 4 is 29.0 Å². The molecule has 0 radical (unpaired) electrons.